The third-order valence-corrected chi connectivity index (χ3v) is 6.45. The Bertz CT molecular complexity index is 2000. The third-order valence-electron chi connectivity index (χ3n) is 6.22. The topological polar surface area (TPSA) is 103 Å². The van der Waals surface area contributed by atoms with Crippen molar-refractivity contribution in [2.75, 3.05) is 0 Å². The van der Waals surface area contributed by atoms with Gasteiger partial charge in [0.2, 0.25) is 0 Å². The van der Waals surface area contributed by atoms with Crippen molar-refractivity contribution in [3.05, 3.63) is 112 Å². The normalized spacial score (nSPS) is 10.7. The summed E-state index contributed by atoms with van der Waals surface area (Å²) in [5.74, 6) is 6.71. The first-order valence-corrected chi connectivity index (χ1v) is 11.6. The molecule has 0 bridgehead atoms. The van der Waals surface area contributed by atoms with E-state index >= 15 is 0 Å². The first-order valence-electron chi connectivity index (χ1n) is 11.2. The number of aromatic amines is 1. The number of pyridine rings is 1. The lowest BCUT2D eigenvalue weighted by molar-refractivity contribution is -0.605. The Morgan fingerprint density at radius 3 is 2.19 bits per heavy atom. The molecule has 0 spiro atoms. The number of nitriles is 2. The maximum absolute atomic E-state index is 11.3. The largest absolute Gasteiger partial charge is 0.619 e. The van der Waals surface area contributed by atoms with Crippen LogP contribution < -0.4 is 4.73 Å². The van der Waals surface area contributed by atoms with Crippen molar-refractivity contribution < 1.29 is 4.73 Å². The van der Waals surface area contributed by atoms with E-state index in [1.165, 1.54) is 12.4 Å². The van der Waals surface area contributed by atoms with E-state index in [-0.39, 0.29) is 0 Å². The van der Waals surface area contributed by atoms with Gasteiger partial charge in [-0.15, -0.1) is 0 Å². The Labute approximate surface area is 216 Å². The summed E-state index contributed by atoms with van der Waals surface area (Å²) in [5, 5.41) is 34.9. The molecule has 6 aromatic rings. The molecule has 0 aliphatic carbocycles. The molecule has 0 saturated carbocycles. The van der Waals surface area contributed by atoms with Crippen molar-refractivity contribution in [2.45, 2.75) is 0 Å². The Morgan fingerprint density at radius 2 is 1.46 bits per heavy atom. The molecular formula is C30H14ClN5O. The summed E-state index contributed by atoms with van der Waals surface area (Å²) in [7, 11) is 0. The van der Waals surface area contributed by atoms with Gasteiger partial charge in [0.1, 0.15) is 5.82 Å². The lowest BCUT2D eigenvalue weighted by atomic mass is 9.98. The van der Waals surface area contributed by atoms with Crippen LogP contribution in [0.25, 0.3) is 44.0 Å². The molecule has 6 nitrogen and oxygen atoms in total. The number of rotatable bonds is 1. The third kappa shape index (κ3) is 3.77. The van der Waals surface area contributed by atoms with Crippen LogP contribution in [-0.2, 0) is 0 Å². The first-order chi connectivity index (χ1) is 18.1. The van der Waals surface area contributed by atoms with E-state index in [9.17, 15) is 15.7 Å². The zero-order valence-electron chi connectivity index (χ0n) is 19.1. The summed E-state index contributed by atoms with van der Waals surface area (Å²) in [6.45, 7) is 0. The molecule has 7 heteroatoms. The lowest BCUT2D eigenvalue weighted by Gasteiger charge is -2.07. The Morgan fingerprint density at radius 1 is 0.784 bits per heavy atom. The molecule has 2 heterocycles. The highest BCUT2D eigenvalue weighted by molar-refractivity contribution is 6.33. The van der Waals surface area contributed by atoms with E-state index in [2.05, 4.69) is 29.0 Å². The molecule has 0 aliphatic heterocycles. The maximum Gasteiger partial charge on any atom is 0.181 e. The number of halogens is 1. The smallest absolute Gasteiger partial charge is 0.181 e. The van der Waals surface area contributed by atoms with Crippen LogP contribution in [0.2, 0.25) is 5.02 Å². The fourth-order valence-corrected chi connectivity index (χ4v) is 4.70. The molecule has 0 unspecified atom stereocenters. The molecule has 172 valence electrons. The van der Waals surface area contributed by atoms with Gasteiger partial charge in [-0.25, -0.2) is 4.98 Å². The summed E-state index contributed by atoms with van der Waals surface area (Å²) >= 11 is 6.39. The van der Waals surface area contributed by atoms with Crippen LogP contribution in [0.15, 0.2) is 79.1 Å². The number of aromatic nitrogens is 3. The standard InChI is InChI=1S/C30H14ClN5O/c31-22-7-9-24-26(15-22)25-14-19(5-4-18-10-12-36(37)13-11-18)6-8-23(25)28-29(24)35-30(34-28)27-20(16-32)2-1-3-21(27)17-33/h1-3,6-15H,(H,34,35). The van der Waals surface area contributed by atoms with Crippen LogP contribution in [-0.4, -0.2) is 9.97 Å². The average Bonchev–Trinajstić information content (AvgIpc) is 3.37. The predicted molar refractivity (Wildman–Crippen MR) is 142 cm³/mol. The zero-order valence-corrected chi connectivity index (χ0v) is 19.8. The molecule has 1 N–H and O–H groups in total. The number of nitrogens with zero attached hydrogens (tertiary/aromatic N) is 4. The molecule has 0 atom stereocenters. The van der Waals surface area contributed by atoms with Crippen molar-refractivity contribution in [3.63, 3.8) is 0 Å². The van der Waals surface area contributed by atoms with Gasteiger partial charge < -0.3 is 10.2 Å². The van der Waals surface area contributed by atoms with Gasteiger partial charge in [-0.3, -0.25) is 0 Å². The van der Waals surface area contributed by atoms with E-state index in [4.69, 9.17) is 16.6 Å². The second-order valence-corrected chi connectivity index (χ2v) is 8.84. The molecule has 0 fully saturated rings. The zero-order chi connectivity index (χ0) is 25.5. The maximum atomic E-state index is 11.3. The highest BCUT2D eigenvalue weighted by atomic mass is 35.5. The molecule has 37 heavy (non-hydrogen) atoms. The number of hydrogen-bond acceptors (Lipinski definition) is 4. The quantitative estimate of drug-likeness (QED) is 0.131. The fraction of sp³-hybridized carbons (Fsp3) is 0. The summed E-state index contributed by atoms with van der Waals surface area (Å²) in [6.07, 6.45) is 2.82. The minimum absolute atomic E-state index is 0.371. The molecule has 0 aliphatic rings. The molecule has 0 saturated heterocycles. The van der Waals surface area contributed by atoms with Gasteiger partial charge in [-0.05, 0) is 47.2 Å². The van der Waals surface area contributed by atoms with Crippen LogP contribution in [0.3, 0.4) is 0 Å². The van der Waals surface area contributed by atoms with Crippen molar-refractivity contribution in [1.29, 1.82) is 10.5 Å². The molecule has 0 amide bonds. The Kier molecular flexibility index (Phi) is 5.21. The Balaban J connectivity index is 1.62. The first kappa shape index (κ1) is 22.1. The second kappa shape index (κ2) is 8.70. The van der Waals surface area contributed by atoms with Crippen LogP contribution >= 0.6 is 11.6 Å². The molecular weight excluding hydrogens is 482 g/mol. The number of imidazole rings is 1. The monoisotopic (exact) mass is 495 g/mol. The SMILES string of the molecule is N#Cc1cccc(C#N)c1-c1nc2c3ccc(Cl)cc3c3cc(C#Cc4cc[n+]([O-])cc4)ccc3c2[nH]1. The number of H-pyrrole nitrogens is 1. The van der Waals surface area contributed by atoms with Crippen molar-refractivity contribution >= 4 is 44.2 Å². The predicted octanol–water partition coefficient (Wildman–Crippen LogP) is 5.97. The molecule has 2 aromatic heterocycles. The van der Waals surface area contributed by atoms with E-state index in [1.807, 2.05) is 36.4 Å². The van der Waals surface area contributed by atoms with Gasteiger partial charge in [0.15, 0.2) is 12.4 Å². The number of hydrogen-bond donors (Lipinski definition) is 1. The minimum atomic E-state index is 0.371. The van der Waals surface area contributed by atoms with Gasteiger partial charge >= 0.3 is 0 Å². The molecule has 0 radical (unpaired) electrons. The van der Waals surface area contributed by atoms with Gasteiger partial charge in [-0.1, -0.05) is 41.6 Å². The van der Waals surface area contributed by atoms with Crippen LogP contribution in [0.1, 0.15) is 22.3 Å². The second-order valence-electron chi connectivity index (χ2n) is 8.41. The van der Waals surface area contributed by atoms with Crippen molar-refractivity contribution in [2.24, 2.45) is 0 Å². The van der Waals surface area contributed by atoms with E-state index in [0.29, 0.717) is 27.5 Å². The van der Waals surface area contributed by atoms with Gasteiger partial charge in [0, 0.05) is 39.1 Å². The van der Waals surface area contributed by atoms with Crippen LogP contribution in [0.5, 0.6) is 0 Å². The summed E-state index contributed by atoms with van der Waals surface area (Å²) in [5.41, 5.74) is 4.26. The average molecular weight is 496 g/mol. The van der Waals surface area contributed by atoms with E-state index in [1.54, 1.807) is 30.3 Å². The fourth-order valence-electron chi connectivity index (χ4n) is 4.52. The van der Waals surface area contributed by atoms with Crippen LogP contribution in [0, 0.1) is 39.7 Å². The van der Waals surface area contributed by atoms with Crippen molar-refractivity contribution in [1.82, 2.24) is 9.97 Å². The van der Waals surface area contributed by atoms with Gasteiger partial charge in [-0.2, -0.15) is 15.3 Å². The lowest BCUT2D eigenvalue weighted by Crippen LogP contribution is -2.23. The van der Waals surface area contributed by atoms with Crippen LogP contribution in [0.4, 0.5) is 0 Å². The number of benzene rings is 4. The van der Waals surface area contributed by atoms with Gasteiger partial charge in [0.25, 0.3) is 0 Å². The Hall–Kier alpha value is -5.35. The van der Waals surface area contributed by atoms with Gasteiger partial charge in [0.05, 0.1) is 39.9 Å². The highest BCUT2D eigenvalue weighted by Gasteiger charge is 2.18. The van der Waals surface area contributed by atoms with Crippen molar-refractivity contribution in [3.8, 4) is 35.4 Å². The summed E-state index contributed by atoms with van der Waals surface area (Å²) < 4.78 is 0.718. The molecule has 4 aromatic carbocycles. The number of nitrogens with one attached hydrogen (secondary N) is 1. The minimum Gasteiger partial charge on any atom is -0.619 e. The summed E-state index contributed by atoms with van der Waals surface area (Å²) in [6, 6.07) is 24.2. The van der Waals surface area contributed by atoms with E-state index < -0.39 is 0 Å². The van der Waals surface area contributed by atoms with E-state index in [0.717, 1.165) is 48.4 Å². The number of fused-ring (bicyclic) bond motifs is 6. The highest BCUT2D eigenvalue weighted by Crippen LogP contribution is 2.37. The summed E-state index contributed by atoms with van der Waals surface area (Å²) in [4.78, 5) is 8.24. The molecule has 6 rings (SSSR count).